The van der Waals surface area contributed by atoms with Crippen LogP contribution < -0.4 is 0 Å². The number of hydrogen-bond acceptors (Lipinski definition) is 5. The van der Waals surface area contributed by atoms with Gasteiger partial charge in [-0.2, -0.15) is 0 Å². The molecule has 5 rings (SSSR count). The summed E-state index contributed by atoms with van der Waals surface area (Å²) in [5.41, 5.74) is 2.50. The van der Waals surface area contributed by atoms with E-state index in [1.165, 1.54) is 11.1 Å². The van der Waals surface area contributed by atoms with Gasteiger partial charge in [-0.25, -0.2) is 0 Å². The Morgan fingerprint density at radius 1 is 0.966 bits per heavy atom. The van der Waals surface area contributed by atoms with E-state index in [-0.39, 0.29) is 19.1 Å². The van der Waals surface area contributed by atoms with Crippen LogP contribution in [0.1, 0.15) is 31.4 Å². The molecule has 1 saturated heterocycles. The van der Waals surface area contributed by atoms with Gasteiger partial charge in [0.05, 0.1) is 13.2 Å². The van der Waals surface area contributed by atoms with Gasteiger partial charge in [-0.15, -0.1) is 0 Å². The Bertz CT molecular complexity index is 978. The van der Waals surface area contributed by atoms with Crippen LogP contribution >= 0.6 is 0 Å². The van der Waals surface area contributed by atoms with E-state index < -0.39 is 29.1 Å². The molecule has 1 aliphatic heterocycles. The normalized spacial score (nSPS) is 27.5. The van der Waals surface area contributed by atoms with Crippen molar-refractivity contribution in [3.8, 4) is 11.1 Å². The minimum atomic E-state index is -1.41. The number of carbonyl (C=O) groups is 2. The van der Waals surface area contributed by atoms with Gasteiger partial charge < -0.3 is 14.2 Å². The van der Waals surface area contributed by atoms with Gasteiger partial charge in [0, 0.05) is 5.92 Å². The van der Waals surface area contributed by atoms with Gasteiger partial charge in [0.15, 0.2) is 5.41 Å². The third kappa shape index (κ3) is 2.31. The van der Waals surface area contributed by atoms with Crippen molar-refractivity contribution in [3.05, 3.63) is 59.7 Å². The number of fused-ring (bicyclic) bond motifs is 3. The van der Waals surface area contributed by atoms with E-state index in [4.69, 9.17) is 14.2 Å². The van der Waals surface area contributed by atoms with Crippen molar-refractivity contribution >= 4 is 11.9 Å². The Labute approximate surface area is 170 Å². The minimum absolute atomic E-state index is 0.00823. The number of benzene rings is 2. The Morgan fingerprint density at radius 2 is 1.59 bits per heavy atom. The van der Waals surface area contributed by atoms with E-state index in [2.05, 4.69) is 24.3 Å². The van der Waals surface area contributed by atoms with Gasteiger partial charge in [-0.1, -0.05) is 48.5 Å². The van der Waals surface area contributed by atoms with Gasteiger partial charge in [0.1, 0.15) is 11.7 Å². The first kappa shape index (κ1) is 18.4. The summed E-state index contributed by atoms with van der Waals surface area (Å²) >= 11 is 0. The molecule has 1 saturated carbocycles. The lowest BCUT2D eigenvalue weighted by Crippen LogP contribution is -2.45. The predicted molar refractivity (Wildman–Crippen MR) is 106 cm³/mol. The average Bonchev–Trinajstić information content (AvgIpc) is 3.44. The second-order valence-electron chi connectivity index (χ2n) is 8.01. The number of ether oxygens (including phenoxy) is 3. The first-order valence-electron chi connectivity index (χ1n) is 10.3. The molecular formula is C24H24O5. The van der Waals surface area contributed by atoms with E-state index in [1.807, 2.05) is 24.3 Å². The molecular weight excluding hydrogens is 368 g/mol. The van der Waals surface area contributed by atoms with E-state index in [1.54, 1.807) is 13.8 Å². The van der Waals surface area contributed by atoms with Crippen LogP contribution in [-0.2, 0) is 35.8 Å². The maximum Gasteiger partial charge on any atom is 0.326 e. The molecule has 0 amide bonds. The minimum Gasteiger partial charge on any atom is -0.465 e. The van der Waals surface area contributed by atoms with Crippen molar-refractivity contribution in [2.75, 3.05) is 13.2 Å². The molecule has 1 heterocycles. The van der Waals surface area contributed by atoms with E-state index >= 15 is 0 Å². The smallest absolute Gasteiger partial charge is 0.326 e. The molecule has 3 atom stereocenters. The molecule has 0 aromatic heterocycles. The van der Waals surface area contributed by atoms with Crippen molar-refractivity contribution in [2.45, 2.75) is 38.4 Å². The molecule has 5 heteroatoms. The second kappa shape index (κ2) is 6.42. The summed E-state index contributed by atoms with van der Waals surface area (Å²) in [5, 5.41) is 0. The monoisotopic (exact) mass is 392 g/mol. The van der Waals surface area contributed by atoms with E-state index in [0.717, 1.165) is 17.5 Å². The van der Waals surface area contributed by atoms with Crippen molar-refractivity contribution < 1.29 is 23.8 Å². The molecule has 1 spiro atoms. The molecule has 2 aliphatic carbocycles. The van der Waals surface area contributed by atoms with Crippen molar-refractivity contribution in [1.29, 1.82) is 0 Å². The summed E-state index contributed by atoms with van der Waals surface area (Å²) in [5.74, 6) is -1.07. The third-order valence-electron chi connectivity index (χ3n) is 6.67. The quantitative estimate of drug-likeness (QED) is 0.452. The highest BCUT2D eigenvalue weighted by Gasteiger charge is 2.82. The predicted octanol–water partition coefficient (Wildman–Crippen LogP) is 3.64. The van der Waals surface area contributed by atoms with Crippen LogP contribution in [-0.4, -0.2) is 31.3 Å². The molecule has 2 aromatic carbocycles. The van der Waals surface area contributed by atoms with Gasteiger partial charge >= 0.3 is 11.9 Å². The zero-order valence-electron chi connectivity index (χ0n) is 16.6. The summed E-state index contributed by atoms with van der Waals surface area (Å²) in [6.07, 6.45) is 0.550. The molecule has 2 aromatic rings. The number of epoxide rings is 1. The molecule has 29 heavy (non-hydrogen) atoms. The van der Waals surface area contributed by atoms with Crippen LogP contribution in [0.4, 0.5) is 0 Å². The van der Waals surface area contributed by atoms with Crippen molar-refractivity contribution in [3.63, 3.8) is 0 Å². The SMILES string of the molecule is CCOC(=O)C1(C(=O)OCC)C[C@H]2Cc3ccccc3-c3ccccc3[C@@]23O[C@@H]13. The molecule has 3 aliphatic rings. The lowest BCUT2D eigenvalue weighted by molar-refractivity contribution is -0.174. The highest BCUT2D eigenvalue weighted by Crippen LogP contribution is 2.71. The zero-order valence-corrected chi connectivity index (χ0v) is 16.6. The summed E-state index contributed by atoms with van der Waals surface area (Å²) in [6.45, 7) is 3.92. The fraction of sp³-hybridized carbons (Fsp3) is 0.417. The average molecular weight is 392 g/mol. The molecule has 0 N–H and O–H groups in total. The first-order valence-corrected chi connectivity index (χ1v) is 10.3. The van der Waals surface area contributed by atoms with Crippen molar-refractivity contribution in [2.24, 2.45) is 11.3 Å². The van der Waals surface area contributed by atoms with Crippen molar-refractivity contribution in [1.82, 2.24) is 0 Å². The van der Waals surface area contributed by atoms with E-state index in [9.17, 15) is 9.59 Å². The van der Waals surface area contributed by atoms with Crippen LogP contribution in [0.5, 0.6) is 0 Å². The standard InChI is InChI=1S/C24H24O5/c1-3-27-21(25)23(22(26)28-4-2)14-16-13-15-9-5-6-10-17(15)18-11-7-8-12-19(18)24(16)20(23)29-24/h5-12,16,20H,3-4,13-14H2,1-2H3/t16-,20+,24+/m1/s1. The Balaban J connectivity index is 1.68. The Hall–Kier alpha value is -2.66. The third-order valence-corrected chi connectivity index (χ3v) is 6.67. The lowest BCUT2D eigenvalue weighted by Gasteiger charge is -2.27. The van der Waals surface area contributed by atoms with Crippen LogP contribution in [0.2, 0.25) is 0 Å². The van der Waals surface area contributed by atoms with Crippen LogP contribution in [0.25, 0.3) is 11.1 Å². The highest BCUT2D eigenvalue weighted by molar-refractivity contribution is 6.02. The number of carbonyl (C=O) groups excluding carboxylic acids is 2. The molecule has 150 valence electrons. The van der Waals surface area contributed by atoms with Crippen LogP contribution in [0, 0.1) is 11.3 Å². The number of rotatable bonds is 4. The number of esters is 2. The van der Waals surface area contributed by atoms with Gasteiger partial charge in [-0.3, -0.25) is 9.59 Å². The summed E-state index contributed by atoms with van der Waals surface area (Å²) in [7, 11) is 0. The topological polar surface area (TPSA) is 65.1 Å². The molecule has 0 bridgehead atoms. The molecule has 2 fully saturated rings. The Kier molecular flexibility index (Phi) is 4.07. The fourth-order valence-corrected chi connectivity index (χ4v) is 5.50. The second-order valence-corrected chi connectivity index (χ2v) is 8.01. The van der Waals surface area contributed by atoms with Gasteiger partial charge in [0.2, 0.25) is 0 Å². The largest absolute Gasteiger partial charge is 0.465 e. The molecule has 0 radical (unpaired) electrons. The fourth-order valence-electron chi connectivity index (χ4n) is 5.50. The first-order chi connectivity index (χ1) is 14.1. The maximum absolute atomic E-state index is 13.1. The number of hydrogen-bond donors (Lipinski definition) is 0. The summed E-state index contributed by atoms with van der Waals surface area (Å²) in [4.78, 5) is 26.2. The van der Waals surface area contributed by atoms with E-state index in [0.29, 0.717) is 6.42 Å². The summed E-state index contributed by atoms with van der Waals surface area (Å²) < 4.78 is 17.1. The zero-order chi connectivity index (χ0) is 20.2. The summed E-state index contributed by atoms with van der Waals surface area (Å²) in [6, 6.07) is 16.5. The van der Waals surface area contributed by atoms with Crippen LogP contribution in [0.3, 0.4) is 0 Å². The Morgan fingerprint density at radius 3 is 2.28 bits per heavy atom. The maximum atomic E-state index is 13.1. The van der Waals surface area contributed by atoms with Gasteiger partial charge in [0.25, 0.3) is 0 Å². The van der Waals surface area contributed by atoms with Gasteiger partial charge in [-0.05, 0) is 48.9 Å². The molecule has 0 unspecified atom stereocenters. The highest BCUT2D eigenvalue weighted by atomic mass is 16.6. The van der Waals surface area contributed by atoms with Crippen LogP contribution in [0.15, 0.2) is 48.5 Å². The lowest BCUT2D eigenvalue weighted by atomic mass is 9.82. The molecule has 5 nitrogen and oxygen atoms in total.